The molecular formula is C30H40N2O3. The fourth-order valence-corrected chi connectivity index (χ4v) is 6.82. The highest BCUT2D eigenvalue weighted by molar-refractivity contribution is 5.73. The summed E-state index contributed by atoms with van der Waals surface area (Å²) in [7, 11) is 0. The van der Waals surface area contributed by atoms with Crippen LogP contribution in [0, 0.1) is 11.8 Å². The first kappa shape index (κ1) is 24.3. The van der Waals surface area contributed by atoms with Crippen LogP contribution in [0.3, 0.4) is 0 Å². The van der Waals surface area contributed by atoms with E-state index < -0.39 is 12.0 Å². The molecule has 0 spiro atoms. The molecule has 1 aliphatic heterocycles. The van der Waals surface area contributed by atoms with E-state index in [1.165, 1.54) is 30.5 Å². The molecule has 1 saturated heterocycles. The van der Waals surface area contributed by atoms with Gasteiger partial charge in [0.15, 0.2) is 0 Å². The molecule has 5 rings (SSSR count). The van der Waals surface area contributed by atoms with Gasteiger partial charge in [-0.2, -0.15) is 0 Å². The van der Waals surface area contributed by atoms with E-state index in [9.17, 15) is 15.0 Å². The zero-order valence-corrected chi connectivity index (χ0v) is 21.0. The van der Waals surface area contributed by atoms with E-state index in [0.717, 1.165) is 50.1 Å². The number of piperidine rings is 1. The first-order valence-corrected chi connectivity index (χ1v) is 13.5. The van der Waals surface area contributed by atoms with Gasteiger partial charge in [0.05, 0.1) is 0 Å². The molecule has 1 heterocycles. The standard InChI is InChI=1S/C30H40N2O3/c1-21-28-18-24-11-12-25(33)19-26(24)30(21,14-16-32(28)20-23-9-10-23)13-5-6-15-31-27(29(34)35)17-22-7-3-2-4-8-22/h2-4,7-8,11-12,19,21,23,27-28,31,33H,5-6,9-10,13-18,20H2,1H3,(H,34,35)/t21-,27-,28+,30+/m0/s1. The lowest BCUT2D eigenvalue weighted by Gasteiger charge is -2.56. The minimum absolute atomic E-state index is 0.104. The summed E-state index contributed by atoms with van der Waals surface area (Å²) < 4.78 is 0. The molecule has 5 heteroatoms. The third kappa shape index (κ3) is 5.26. The molecule has 0 aromatic heterocycles. The number of benzene rings is 2. The van der Waals surface area contributed by atoms with Gasteiger partial charge in [0.1, 0.15) is 11.8 Å². The van der Waals surface area contributed by atoms with Crippen molar-refractivity contribution >= 4 is 5.97 Å². The third-order valence-electron chi connectivity index (χ3n) is 9.03. The van der Waals surface area contributed by atoms with Crippen molar-refractivity contribution in [3.63, 3.8) is 0 Å². The molecule has 2 aromatic carbocycles. The van der Waals surface area contributed by atoms with E-state index in [-0.39, 0.29) is 5.41 Å². The van der Waals surface area contributed by atoms with Crippen LogP contribution in [-0.4, -0.2) is 52.8 Å². The van der Waals surface area contributed by atoms with Crippen molar-refractivity contribution in [1.29, 1.82) is 0 Å². The van der Waals surface area contributed by atoms with Gasteiger partial charge in [0.25, 0.3) is 0 Å². The number of phenolic OH excluding ortho intramolecular Hbond substituents is 1. The van der Waals surface area contributed by atoms with Gasteiger partial charge in [-0.25, -0.2) is 0 Å². The average molecular weight is 477 g/mol. The van der Waals surface area contributed by atoms with Gasteiger partial charge < -0.3 is 15.5 Å². The second-order valence-electron chi connectivity index (χ2n) is 11.2. The normalized spacial score (nSPS) is 26.8. The fraction of sp³-hybridized carbons (Fsp3) is 0.567. The second kappa shape index (κ2) is 10.3. The molecule has 2 bridgehead atoms. The molecule has 3 aliphatic rings. The molecule has 188 valence electrons. The lowest BCUT2D eigenvalue weighted by Crippen LogP contribution is -2.59. The van der Waals surface area contributed by atoms with Crippen molar-refractivity contribution in [3.8, 4) is 5.75 Å². The maximum Gasteiger partial charge on any atom is 0.321 e. The van der Waals surface area contributed by atoms with Crippen LogP contribution in [0.15, 0.2) is 48.5 Å². The monoisotopic (exact) mass is 476 g/mol. The van der Waals surface area contributed by atoms with Crippen LogP contribution in [-0.2, 0) is 23.1 Å². The van der Waals surface area contributed by atoms with E-state index in [1.54, 1.807) is 0 Å². The Morgan fingerprint density at radius 2 is 1.97 bits per heavy atom. The topological polar surface area (TPSA) is 72.8 Å². The Morgan fingerprint density at radius 3 is 2.71 bits per heavy atom. The number of nitrogens with one attached hydrogen (secondary N) is 1. The predicted octanol–water partition coefficient (Wildman–Crippen LogP) is 4.76. The molecule has 5 nitrogen and oxygen atoms in total. The van der Waals surface area contributed by atoms with E-state index in [0.29, 0.717) is 30.7 Å². The van der Waals surface area contributed by atoms with Crippen LogP contribution in [0.1, 0.15) is 62.1 Å². The Kier molecular flexibility index (Phi) is 7.17. The minimum atomic E-state index is -0.788. The van der Waals surface area contributed by atoms with Crippen LogP contribution in [0.5, 0.6) is 5.75 Å². The molecule has 2 aliphatic carbocycles. The number of aromatic hydroxyl groups is 1. The third-order valence-corrected chi connectivity index (χ3v) is 9.03. The summed E-state index contributed by atoms with van der Waals surface area (Å²) in [4.78, 5) is 14.6. The van der Waals surface area contributed by atoms with Crippen LogP contribution in [0.4, 0.5) is 0 Å². The Labute approximate surface area is 209 Å². The summed E-state index contributed by atoms with van der Waals surface area (Å²) in [6.45, 7) is 5.55. The number of nitrogens with zero attached hydrogens (tertiary/aromatic N) is 1. The molecule has 35 heavy (non-hydrogen) atoms. The van der Waals surface area contributed by atoms with E-state index >= 15 is 0 Å². The lowest BCUT2D eigenvalue weighted by atomic mass is 9.56. The maximum absolute atomic E-state index is 11.8. The summed E-state index contributed by atoms with van der Waals surface area (Å²) in [5.41, 5.74) is 3.93. The molecule has 2 fully saturated rings. The largest absolute Gasteiger partial charge is 0.508 e. The number of likely N-dealkylation sites (tertiary alicyclic amines) is 1. The Hall–Kier alpha value is -2.37. The molecule has 1 saturated carbocycles. The first-order chi connectivity index (χ1) is 17.0. The number of carboxylic acid groups (broad SMARTS) is 1. The summed E-state index contributed by atoms with van der Waals surface area (Å²) in [5, 5.41) is 23.3. The van der Waals surface area contributed by atoms with E-state index in [4.69, 9.17) is 0 Å². The van der Waals surface area contributed by atoms with Gasteiger partial charge >= 0.3 is 5.97 Å². The highest BCUT2D eigenvalue weighted by atomic mass is 16.4. The number of rotatable bonds is 11. The van der Waals surface area contributed by atoms with Gasteiger partial charge in [-0.15, -0.1) is 0 Å². The quantitative estimate of drug-likeness (QED) is 0.408. The molecule has 3 N–H and O–H groups in total. The van der Waals surface area contributed by atoms with Gasteiger partial charge in [0.2, 0.25) is 0 Å². The Bertz CT molecular complexity index is 1020. The van der Waals surface area contributed by atoms with Crippen LogP contribution < -0.4 is 5.32 Å². The summed E-state index contributed by atoms with van der Waals surface area (Å²) >= 11 is 0. The van der Waals surface area contributed by atoms with Crippen LogP contribution in [0.25, 0.3) is 0 Å². The number of hydrogen-bond acceptors (Lipinski definition) is 4. The number of unbranched alkanes of at least 4 members (excludes halogenated alkanes) is 1. The average Bonchev–Trinajstić information content (AvgIpc) is 3.66. The summed E-state index contributed by atoms with van der Waals surface area (Å²) in [6.07, 6.45) is 8.62. The number of fused-ring (bicyclic) bond motifs is 4. The molecule has 0 unspecified atom stereocenters. The van der Waals surface area contributed by atoms with Gasteiger partial charge in [-0.3, -0.25) is 9.69 Å². The van der Waals surface area contributed by atoms with E-state index in [1.807, 2.05) is 42.5 Å². The SMILES string of the molecule is C[C@H]1[C@H]2Cc3ccc(O)cc3[C@]1(CCCCN[C@@H](Cc1ccccc1)C(=O)O)CCN2CC1CC1. The van der Waals surface area contributed by atoms with Crippen molar-refractivity contribution in [2.24, 2.45) is 11.8 Å². The number of phenols is 1. The summed E-state index contributed by atoms with van der Waals surface area (Å²) in [6, 6.07) is 15.9. The van der Waals surface area contributed by atoms with Crippen molar-refractivity contribution in [2.45, 2.75) is 75.8 Å². The number of aliphatic carboxylic acids is 1. The second-order valence-corrected chi connectivity index (χ2v) is 11.2. The van der Waals surface area contributed by atoms with Gasteiger partial charge in [-0.05, 0) is 98.7 Å². The van der Waals surface area contributed by atoms with Crippen LogP contribution >= 0.6 is 0 Å². The zero-order valence-electron chi connectivity index (χ0n) is 21.0. The van der Waals surface area contributed by atoms with Crippen LogP contribution in [0.2, 0.25) is 0 Å². The highest BCUT2D eigenvalue weighted by Gasteiger charge is 2.51. The fourth-order valence-electron chi connectivity index (χ4n) is 6.82. The lowest BCUT2D eigenvalue weighted by molar-refractivity contribution is -0.139. The van der Waals surface area contributed by atoms with Crippen molar-refractivity contribution in [3.05, 3.63) is 65.2 Å². The zero-order chi connectivity index (χ0) is 24.4. The molecule has 2 aromatic rings. The number of carbonyl (C=O) groups is 1. The maximum atomic E-state index is 11.8. The Morgan fingerprint density at radius 1 is 1.17 bits per heavy atom. The molecule has 4 atom stereocenters. The number of hydrogen-bond donors (Lipinski definition) is 3. The van der Waals surface area contributed by atoms with Gasteiger partial charge in [0, 0.05) is 18.0 Å². The van der Waals surface area contributed by atoms with Crippen molar-refractivity contribution in [2.75, 3.05) is 19.6 Å². The van der Waals surface area contributed by atoms with Crippen molar-refractivity contribution in [1.82, 2.24) is 10.2 Å². The highest BCUT2D eigenvalue weighted by Crippen LogP contribution is 2.52. The van der Waals surface area contributed by atoms with E-state index in [2.05, 4.69) is 23.2 Å². The number of carboxylic acids is 1. The predicted molar refractivity (Wildman–Crippen MR) is 139 cm³/mol. The smallest absolute Gasteiger partial charge is 0.321 e. The molecular weight excluding hydrogens is 436 g/mol. The first-order valence-electron chi connectivity index (χ1n) is 13.5. The minimum Gasteiger partial charge on any atom is -0.508 e. The Balaban J connectivity index is 1.23. The molecule has 0 amide bonds. The summed E-state index contributed by atoms with van der Waals surface area (Å²) in [5.74, 6) is 1.05. The molecule has 0 radical (unpaired) electrons. The van der Waals surface area contributed by atoms with Gasteiger partial charge in [-0.1, -0.05) is 49.7 Å². The van der Waals surface area contributed by atoms with Crippen molar-refractivity contribution < 1.29 is 15.0 Å².